The number of aryl methyl sites for hydroxylation is 2. The Morgan fingerprint density at radius 1 is 1.42 bits per heavy atom. The second-order valence-corrected chi connectivity index (χ2v) is 6.40. The first-order chi connectivity index (χ1) is 8.97. The highest BCUT2D eigenvalue weighted by Gasteiger charge is 2.20. The van der Waals surface area contributed by atoms with E-state index in [1.165, 1.54) is 6.42 Å². The molecule has 1 aliphatic heterocycles. The molecule has 0 unspecified atom stereocenters. The maximum absolute atomic E-state index is 12.2. The summed E-state index contributed by atoms with van der Waals surface area (Å²) in [6.07, 6.45) is 1.18. The lowest BCUT2D eigenvalue weighted by Gasteiger charge is -2.13. The van der Waals surface area contributed by atoms with E-state index in [1.54, 1.807) is 0 Å². The van der Waals surface area contributed by atoms with E-state index in [0.717, 1.165) is 40.8 Å². The van der Waals surface area contributed by atoms with Crippen LogP contribution < -0.4 is 5.32 Å². The molecule has 0 spiro atoms. The van der Waals surface area contributed by atoms with Gasteiger partial charge < -0.3 is 10.2 Å². The van der Waals surface area contributed by atoms with Crippen molar-refractivity contribution in [3.63, 3.8) is 0 Å². The lowest BCUT2D eigenvalue weighted by Crippen LogP contribution is -2.31. The van der Waals surface area contributed by atoms with Gasteiger partial charge in [0.1, 0.15) is 0 Å². The van der Waals surface area contributed by atoms with Gasteiger partial charge in [-0.15, -0.1) is 0 Å². The molecule has 1 N–H and O–H groups in total. The molecule has 1 aromatic carbocycles. The van der Waals surface area contributed by atoms with Crippen LogP contribution in [-0.2, 0) is 0 Å². The average molecular weight is 325 g/mol. The minimum atomic E-state index is 0.0441. The number of carbonyl (C=O) groups excluding carboxylic acids is 1. The lowest BCUT2D eigenvalue weighted by atomic mass is 10.0. The fourth-order valence-corrected chi connectivity index (χ4v) is 3.01. The summed E-state index contributed by atoms with van der Waals surface area (Å²) >= 11 is 3.49. The zero-order chi connectivity index (χ0) is 14.0. The number of hydrogen-bond acceptors (Lipinski definition) is 2. The molecule has 1 atom stereocenters. The number of rotatable bonds is 3. The highest BCUT2D eigenvalue weighted by molar-refractivity contribution is 9.10. The van der Waals surface area contributed by atoms with Crippen molar-refractivity contribution >= 4 is 21.8 Å². The summed E-state index contributed by atoms with van der Waals surface area (Å²) < 4.78 is 1.05. The van der Waals surface area contributed by atoms with Gasteiger partial charge in [0, 0.05) is 23.1 Å². The van der Waals surface area contributed by atoms with Crippen molar-refractivity contribution in [2.45, 2.75) is 20.3 Å². The number of nitrogens with one attached hydrogen (secondary N) is 1. The topological polar surface area (TPSA) is 32.3 Å². The molecule has 1 fully saturated rings. The molecule has 3 nitrogen and oxygen atoms in total. The van der Waals surface area contributed by atoms with E-state index < -0.39 is 0 Å². The number of carbonyl (C=O) groups is 1. The van der Waals surface area contributed by atoms with Crippen molar-refractivity contribution in [1.82, 2.24) is 10.2 Å². The first-order valence-corrected chi connectivity index (χ1v) is 7.50. The Kier molecular flexibility index (Phi) is 4.63. The van der Waals surface area contributed by atoms with Gasteiger partial charge in [-0.1, -0.05) is 15.9 Å². The zero-order valence-electron chi connectivity index (χ0n) is 11.8. The number of benzene rings is 1. The molecule has 104 valence electrons. The molecule has 1 aliphatic rings. The highest BCUT2D eigenvalue weighted by atomic mass is 79.9. The lowest BCUT2D eigenvalue weighted by molar-refractivity contribution is 0.0947. The van der Waals surface area contributed by atoms with Crippen LogP contribution in [0.15, 0.2) is 16.6 Å². The molecule has 0 aliphatic carbocycles. The van der Waals surface area contributed by atoms with Crippen LogP contribution in [0.1, 0.15) is 27.9 Å². The van der Waals surface area contributed by atoms with Crippen LogP contribution in [0.3, 0.4) is 0 Å². The van der Waals surface area contributed by atoms with Gasteiger partial charge in [0.2, 0.25) is 0 Å². The van der Waals surface area contributed by atoms with Gasteiger partial charge in [0.05, 0.1) is 0 Å². The van der Waals surface area contributed by atoms with Crippen LogP contribution in [0.2, 0.25) is 0 Å². The normalized spacial score (nSPS) is 19.7. The van der Waals surface area contributed by atoms with Crippen LogP contribution in [0.4, 0.5) is 0 Å². The second kappa shape index (κ2) is 6.06. The third kappa shape index (κ3) is 3.57. The summed E-state index contributed by atoms with van der Waals surface area (Å²) in [6.45, 7) is 6.97. The van der Waals surface area contributed by atoms with Crippen LogP contribution in [0, 0.1) is 19.8 Å². The van der Waals surface area contributed by atoms with E-state index in [-0.39, 0.29) is 5.91 Å². The predicted octanol–water partition coefficient (Wildman–Crippen LogP) is 2.75. The van der Waals surface area contributed by atoms with E-state index in [2.05, 4.69) is 33.2 Å². The van der Waals surface area contributed by atoms with Crippen molar-refractivity contribution in [3.05, 3.63) is 33.3 Å². The van der Waals surface area contributed by atoms with Gasteiger partial charge in [0.15, 0.2) is 0 Å². The van der Waals surface area contributed by atoms with Gasteiger partial charge >= 0.3 is 0 Å². The molecule has 0 radical (unpaired) electrons. The Hall–Kier alpha value is -0.870. The van der Waals surface area contributed by atoms with Crippen molar-refractivity contribution < 1.29 is 4.79 Å². The van der Waals surface area contributed by atoms with Crippen molar-refractivity contribution in [3.8, 4) is 0 Å². The number of nitrogens with zero attached hydrogens (tertiary/aromatic N) is 1. The predicted molar refractivity (Wildman–Crippen MR) is 81.6 cm³/mol. The van der Waals surface area contributed by atoms with Crippen LogP contribution in [0.25, 0.3) is 0 Å². The third-order valence-corrected chi connectivity index (χ3v) is 4.64. The van der Waals surface area contributed by atoms with Gasteiger partial charge in [0.25, 0.3) is 5.91 Å². The largest absolute Gasteiger partial charge is 0.352 e. The molecule has 4 heteroatoms. The van der Waals surface area contributed by atoms with E-state index in [4.69, 9.17) is 0 Å². The average Bonchev–Trinajstić information content (AvgIpc) is 2.77. The van der Waals surface area contributed by atoms with E-state index in [9.17, 15) is 4.79 Å². The monoisotopic (exact) mass is 324 g/mol. The van der Waals surface area contributed by atoms with Gasteiger partial charge in [-0.2, -0.15) is 0 Å². The number of amides is 1. The number of likely N-dealkylation sites (tertiary alicyclic amines) is 1. The Morgan fingerprint density at radius 3 is 2.79 bits per heavy atom. The summed E-state index contributed by atoms with van der Waals surface area (Å²) in [6, 6.07) is 3.96. The second-order valence-electron chi connectivity index (χ2n) is 5.54. The quantitative estimate of drug-likeness (QED) is 0.927. The molecular formula is C15H21BrN2O. The molecule has 1 amide bonds. The summed E-state index contributed by atoms with van der Waals surface area (Å²) in [7, 11) is 2.13. The maximum Gasteiger partial charge on any atom is 0.251 e. The summed E-state index contributed by atoms with van der Waals surface area (Å²) in [5, 5.41) is 3.07. The van der Waals surface area contributed by atoms with Gasteiger partial charge in [-0.3, -0.25) is 4.79 Å². The molecule has 1 heterocycles. The van der Waals surface area contributed by atoms with E-state index >= 15 is 0 Å². The SMILES string of the molecule is Cc1cc(C(=O)NC[C@H]2CCN(C)C2)c(C)cc1Br. The van der Waals surface area contributed by atoms with Crippen LogP contribution in [-0.4, -0.2) is 37.5 Å². The zero-order valence-corrected chi connectivity index (χ0v) is 13.4. The van der Waals surface area contributed by atoms with Crippen LogP contribution >= 0.6 is 15.9 Å². The van der Waals surface area contributed by atoms with Crippen molar-refractivity contribution in [2.75, 3.05) is 26.7 Å². The number of hydrogen-bond donors (Lipinski definition) is 1. The minimum absolute atomic E-state index is 0.0441. The molecule has 0 aromatic heterocycles. The first-order valence-electron chi connectivity index (χ1n) is 6.71. The molecule has 1 saturated heterocycles. The Bertz CT molecular complexity index is 487. The van der Waals surface area contributed by atoms with E-state index in [1.807, 2.05) is 26.0 Å². The van der Waals surface area contributed by atoms with Crippen molar-refractivity contribution in [2.24, 2.45) is 5.92 Å². The standard InChI is InChI=1S/C15H21BrN2O/c1-10-7-14(16)11(2)6-13(10)15(19)17-8-12-4-5-18(3)9-12/h6-7,12H,4-5,8-9H2,1-3H3,(H,17,19)/t12-/m1/s1. The van der Waals surface area contributed by atoms with Crippen LogP contribution in [0.5, 0.6) is 0 Å². The molecule has 19 heavy (non-hydrogen) atoms. The Morgan fingerprint density at radius 2 is 2.16 bits per heavy atom. The van der Waals surface area contributed by atoms with Gasteiger partial charge in [-0.05, 0) is 63.0 Å². The molecule has 2 rings (SSSR count). The Labute approximate surface area is 123 Å². The van der Waals surface area contributed by atoms with Gasteiger partial charge in [-0.25, -0.2) is 0 Å². The molecule has 0 bridgehead atoms. The Balaban J connectivity index is 1.98. The molecule has 0 saturated carbocycles. The third-order valence-electron chi connectivity index (χ3n) is 3.79. The summed E-state index contributed by atoms with van der Waals surface area (Å²) in [4.78, 5) is 14.5. The summed E-state index contributed by atoms with van der Waals surface area (Å²) in [5.74, 6) is 0.633. The summed E-state index contributed by atoms with van der Waals surface area (Å²) in [5.41, 5.74) is 2.89. The smallest absolute Gasteiger partial charge is 0.251 e. The van der Waals surface area contributed by atoms with Crippen molar-refractivity contribution in [1.29, 1.82) is 0 Å². The molecular weight excluding hydrogens is 304 g/mol. The first kappa shape index (κ1) is 14.5. The molecule has 1 aromatic rings. The fourth-order valence-electron chi connectivity index (χ4n) is 2.55. The minimum Gasteiger partial charge on any atom is -0.352 e. The maximum atomic E-state index is 12.2. The number of halogens is 1. The highest BCUT2D eigenvalue weighted by Crippen LogP contribution is 2.21. The van der Waals surface area contributed by atoms with E-state index in [0.29, 0.717) is 5.92 Å². The fraction of sp³-hybridized carbons (Fsp3) is 0.533.